The maximum absolute atomic E-state index is 12.0. The summed E-state index contributed by atoms with van der Waals surface area (Å²) in [6, 6.07) is 9.13. The summed E-state index contributed by atoms with van der Waals surface area (Å²) >= 11 is 0. The standard InChI is InChI=1S/C26H28N2O2/c29-26(30)21-14-27-24-20-11-5-4-10-19(20)23-13-17-9-6-12-18(16-7-2-1-3-8-16)25(17)28(23)15-22(21)24/h6,9,12-16,19,27H,1-5,7-8,10-11H2,(H,29,30)/t19-/m0/s1. The van der Waals surface area contributed by atoms with Crippen LogP contribution in [0.1, 0.15) is 91.2 Å². The van der Waals surface area contributed by atoms with Crippen molar-refractivity contribution in [3.8, 4) is 0 Å². The summed E-state index contributed by atoms with van der Waals surface area (Å²) in [5.74, 6) is 0.116. The number of rotatable bonds is 2. The Morgan fingerprint density at radius 1 is 1.07 bits per heavy atom. The third-order valence-corrected chi connectivity index (χ3v) is 7.66. The lowest BCUT2D eigenvalue weighted by Crippen LogP contribution is -2.30. The predicted octanol–water partition coefficient (Wildman–Crippen LogP) is 4.82. The molecule has 4 heteroatoms. The second-order valence-electron chi connectivity index (χ2n) is 9.31. The van der Waals surface area contributed by atoms with E-state index in [1.165, 1.54) is 72.7 Å². The molecular formula is C26H28N2O2. The first-order valence-corrected chi connectivity index (χ1v) is 11.5. The lowest BCUT2D eigenvalue weighted by atomic mass is 9.82. The van der Waals surface area contributed by atoms with Crippen molar-refractivity contribution in [1.29, 1.82) is 0 Å². The highest BCUT2D eigenvalue weighted by Crippen LogP contribution is 2.43. The summed E-state index contributed by atoms with van der Waals surface area (Å²) in [5.41, 5.74) is 5.86. The zero-order valence-corrected chi connectivity index (χ0v) is 17.3. The Morgan fingerprint density at radius 3 is 2.73 bits per heavy atom. The lowest BCUT2D eigenvalue weighted by Gasteiger charge is -2.26. The molecule has 2 fully saturated rings. The van der Waals surface area contributed by atoms with Gasteiger partial charge in [0.05, 0.1) is 11.1 Å². The molecule has 3 aromatic rings. The number of fused-ring (bicyclic) bond motifs is 6. The van der Waals surface area contributed by atoms with Gasteiger partial charge in [-0.3, -0.25) is 0 Å². The summed E-state index contributed by atoms with van der Waals surface area (Å²) < 4.78 is 2.36. The van der Waals surface area contributed by atoms with Crippen molar-refractivity contribution in [3.63, 3.8) is 0 Å². The number of H-pyrrole nitrogens is 1. The molecule has 2 N–H and O–H groups in total. The fourth-order valence-electron chi connectivity index (χ4n) is 6.26. The van der Waals surface area contributed by atoms with Crippen LogP contribution >= 0.6 is 0 Å². The minimum absolute atomic E-state index is 0.364. The Balaban J connectivity index is 1.68. The van der Waals surface area contributed by atoms with Gasteiger partial charge in [0.1, 0.15) is 0 Å². The van der Waals surface area contributed by atoms with Gasteiger partial charge < -0.3 is 14.7 Å². The van der Waals surface area contributed by atoms with Gasteiger partial charge in [0.15, 0.2) is 0 Å². The largest absolute Gasteiger partial charge is 0.478 e. The molecule has 0 bridgehead atoms. The van der Waals surface area contributed by atoms with Gasteiger partial charge in [-0.05, 0) is 55.2 Å². The van der Waals surface area contributed by atoms with E-state index in [4.69, 9.17) is 0 Å². The Morgan fingerprint density at radius 2 is 1.90 bits per heavy atom. The van der Waals surface area contributed by atoms with Crippen molar-refractivity contribution in [3.05, 3.63) is 57.9 Å². The number of aromatic amines is 1. The van der Waals surface area contributed by atoms with Gasteiger partial charge in [-0.25, -0.2) is 4.79 Å². The van der Waals surface area contributed by atoms with Crippen LogP contribution in [0.2, 0.25) is 0 Å². The van der Waals surface area contributed by atoms with Crippen molar-refractivity contribution in [2.75, 3.05) is 0 Å². The van der Waals surface area contributed by atoms with Crippen LogP contribution < -0.4 is 10.6 Å². The van der Waals surface area contributed by atoms with Crippen LogP contribution in [-0.4, -0.2) is 20.6 Å². The molecule has 30 heavy (non-hydrogen) atoms. The van der Waals surface area contributed by atoms with E-state index < -0.39 is 5.97 Å². The number of carbonyl (C=O) groups is 1. The van der Waals surface area contributed by atoms with Crippen LogP contribution in [0.25, 0.3) is 22.7 Å². The maximum Gasteiger partial charge on any atom is 0.337 e. The average Bonchev–Trinajstić information content (AvgIpc) is 3.33. The van der Waals surface area contributed by atoms with Crippen molar-refractivity contribution < 1.29 is 9.90 Å². The molecule has 0 saturated heterocycles. The third-order valence-electron chi connectivity index (χ3n) is 7.66. The van der Waals surface area contributed by atoms with Crippen LogP contribution in [0.15, 0.2) is 30.5 Å². The first-order valence-electron chi connectivity index (χ1n) is 11.5. The SMILES string of the molecule is O=C(O)c1c[nH]c2c1=Cn1c(cc3cccc(C4CCCCC4)c31)[C@H]1CCCCC=21. The highest BCUT2D eigenvalue weighted by Gasteiger charge is 2.29. The Hall–Kier alpha value is -2.75. The number of benzene rings is 1. The Kier molecular flexibility index (Phi) is 4.15. The minimum Gasteiger partial charge on any atom is -0.478 e. The highest BCUT2D eigenvalue weighted by molar-refractivity contribution is 5.91. The van der Waals surface area contributed by atoms with Gasteiger partial charge in [0.2, 0.25) is 0 Å². The summed E-state index contributed by atoms with van der Waals surface area (Å²) in [6.45, 7) is 0. The Labute approximate surface area is 175 Å². The molecule has 2 aliphatic carbocycles. The molecule has 2 aromatic heterocycles. The number of nitrogens with one attached hydrogen (secondary N) is 1. The first kappa shape index (κ1) is 18.1. The van der Waals surface area contributed by atoms with Gasteiger partial charge >= 0.3 is 5.97 Å². The number of nitrogens with zero attached hydrogens (tertiary/aromatic N) is 1. The summed E-state index contributed by atoms with van der Waals surface area (Å²) in [4.78, 5) is 15.3. The van der Waals surface area contributed by atoms with Crippen LogP contribution in [0, 0.1) is 0 Å². The number of para-hydroxylation sites is 1. The van der Waals surface area contributed by atoms with E-state index in [2.05, 4.69) is 40.0 Å². The second kappa shape index (κ2) is 6.90. The second-order valence-corrected chi connectivity index (χ2v) is 9.31. The van der Waals surface area contributed by atoms with Gasteiger partial charge in [0.25, 0.3) is 0 Å². The maximum atomic E-state index is 12.0. The lowest BCUT2D eigenvalue weighted by molar-refractivity contribution is 0.0696. The fourth-order valence-corrected chi connectivity index (χ4v) is 6.26. The van der Waals surface area contributed by atoms with Gasteiger partial charge in [-0.2, -0.15) is 0 Å². The van der Waals surface area contributed by atoms with Crippen LogP contribution in [0.5, 0.6) is 0 Å². The molecule has 0 amide bonds. The molecule has 4 nitrogen and oxygen atoms in total. The zero-order valence-electron chi connectivity index (χ0n) is 17.3. The molecular weight excluding hydrogens is 372 g/mol. The molecule has 3 aliphatic rings. The quantitative estimate of drug-likeness (QED) is 0.648. The average molecular weight is 401 g/mol. The first-order chi connectivity index (χ1) is 14.7. The molecule has 1 atom stereocenters. The number of aromatic nitrogens is 2. The van der Waals surface area contributed by atoms with E-state index in [1.54, 1.807) is 6.20 Å². The van der Waals surface area contributed by atoms with Crippen molar-refractivity contribution in [2.45, 2.75) is 69.6 Å². The molecule has 6 rings (SSSR count). The Bertz CT molecular complexity index is 1270. The number of aromatic carboxylic acids is 1. The molecule has 3 heterocycles. The molecule has 2 saturated carbocycles. The van der Waals surface area contributed by atoms with Crippen LogP contribution in [-0.2, 0) is 0 Å². The van der Waals surface area contributed by atoms with Crippen molar-refractivity contribution in [2.24, 2.45) is 0 Å². The molecule has 1 aliphatic heterocycles. The van der Waals surface area contributed by atoms with Crippen LogP contribution in [0.4, 0.5) is 0 Å². The summed E-state index contributed by atoms with van der Waals surface area (Å²) in [7, 11) is 0. The normalized spacial score (nSPS) is 21.5. The molecule has 1 aromatic carbocycles. The topological polar surface area (TPSA) is 58.0 Å². The molecule has 0 unspecified atom stereocenters. The third kappa shape index (κ3) is 2.62. The number of carboxylic acids is 1. The van der Waals surface area contributed by atoms with Crippen molar-refractivity contribution >= 4 is 28.6 Å². The van der Waals surface area contributed by atoms with E-state index in [-0.39, 0.29) is 0 Å². The van der Waals surface area contributed by atoms with Crippen molar-refractivity contribution in [1.82, 2.24) is 9.55 Å². The fraction of sp³-hybridized carbons (Fsp3) is 0.423. The minimum atomic E-state index is -0.857. The zero-order chi connectivity index (χ0) is 20.2. The monoisotopic (exact) mass is 400 g/mol. The summed E-state index contributed by atoms with van der Waals surface area (Å²) in [6.07, 6.45) is 14.9. The van der Waals surface area contributed by atoms with Crippen LogP contribution in [0.3, 0.4) is 0 Å². The number of hydrogen-bond donors (Lipinski definition) is 2. The van der Waals surface area contributed by atoms with E-state index in [9.17, 15) is 9.90 Å². The predicted molar refractivity (Wildman–Crippen MR) is 119 cm³/mol. The van der Waals surface area contributed by atoms with Gasteiger partial charge in [0, 0.05) is 40.0 Å². The highest BCUT2D eigenvalue weighted by atomic mass is 16.4. The van der Waals surface area contributed by atoms with Gasteiger partial charge in [-0.15, -0.1) is 0 Å². The number of hydrogen-bond acceptors (Lipinski definition) is 1. The van der Waals surface area contributed by atoms with Gasteiger partial charge in [-0.1, -0.05) is 43.9 Å². The summed E-state index contributed by atoms with van der Waals surface area (Å²) in [5, 5.41) is 13.0. The van der Waals surface area contributed by atoms with E-state index in [0.717, 1.165) is 23.4 Å². The number of carboxylic acid groups (broad SMARTS) is 1. The van der Waals surface area contributed by atoms with E-state index in [0.29, 0.717) is 17.4 Å². The van der Waals surface area contributed by atoms with E-state index in [1.807, 2.05) is 0 Å². The molecule has 0 spiro atoms. The molecule has 154 valence electrons. The smallest absolute Gasteiger partial charge is 0.337 e. The van der Waals surface area contributed by atoms with E-state index >= 15 is 0 Å². The molecule has 0 radical (unpaired) electrons.